The maximum Gasteiger partial charge on any atom is 0.389 e. The Labute approximate surface area is 71.3 Å². The molecule has 6 heteroatoms. The second kappa shape index (κ2) is 4.24. The molecule has 0 bridgehead atoms. The first-order chi connectivity index (χ1) is 5.58. The normalized spacial score (nSPS) is 20.2. The molecule has 0 radical (unpaired) electrons. The SMILES string of the molecule is FC(F)(F)CCC[SiH]1NCCN1. The first kappa shape index (κ1) is 10.0. The van der Waals surface area contributed by atoms with Gasteiger partial charge in [-0.2, -0.15) is 13.2 Å². The summed E-state index contributed by atoms with van der Waals surface area (Å²) in [5, 5.41) is 0. The van der Waals surface area contributed by atoms with Crippen molar-refractivity contribution in [1.82, 2.24) is 9.96 Å². The van der Waals surface area contributed by atoms with E-state index < -0.39 is 21.7 Å². The predicted octanol–water partition coefficient (Wildman–Crippen LogP) is 0.742. The van der Waals surface area contributed by atoms with Crippen LogP contribution in [0.3, 0.4) is 0 Å². The third-order valence-electron chi connectivity index (χ3n) is 1.86. The van der Waals surface area contributed by atoms with E-state index in [0.717, 1.165) is 13.1 Å². The highest BCUT2D eigenvalue weighted by atomic mass is 28.3. The lowest BCUT2D eigenvalue weighted by Gasteiger charge is -2.09. The molecule has 1 heterocycles. The first-order valence-corrected chi connectivity index (χ1v) is 6.08. The molecule has 1 rings (SSSR count). The molecule has 0 spiro atoms. The zero-order valence-electron chi connectivity index (χ0n) is 6.75. The van der Waals surface area contributed by atoms with E-state index in [9.17, 15) is 13.2 Å². The van der Waals surface area contributed by atoms with E-state index >= 15 is 0 Å². The quantitative estimate of drug-likeness (QED) is 0.654. The van der Waals surface area contributed by atoms with Crippen molar-refractivity contribution in [2.75, 3.05) is 13.1 Å². The fourth-order valence-electron chi connectivity index (χ4n) is 1.28. The standard InChI is InChI=1S/C6H13F3N2Si/c7-6(8,9)2-1-5-12-10-3-4-11-12/h10-12H,1-5H2. The molecular formula is C6H13F3N2Si. The first-order valence-electron chi connectivity index (χ1n) is 4.11. The minimum atomic E-state index is -3.98. The number of hydrogen-bond acceptors (Lipinski definition) is 2. The summed E-state index contributed by atoms with van der Waals surface area (Å²) < 4.78 is 35.1. The molecule has 2 N–H and O–H groups in total. The van der Waals surface area contributed by atoms with Gasteiger partial charge in [0.2, 0.25) is 0 Å². The van der Waals surface area contributed by atoms with Crippen LogP contribution in [-0.4, -0.2) is 28.4 Å². The molecule has 0 unspecified atom stereocenters. The van der Waals surface area contributed by atoms with Crippen molar-refractivity contribution in [3.05, 3.63) is 0 Å². The van der Waals surface area contributed by atoms with Gasteiger partial charge in [0.15, 0.2) is 9.12 Å². The van der Waals surface area contributed by atoms with Gasteiger partial charge in [-0.3, -0.25) is 0 Å². The van der Waals surface area contributed by atoms with Gasteiger partial charge in [0.25, 0.3) is 0 Å². The highest BCUT2D eigenvalue weighted by molar-refractivity contribution is 6.53. The molecule has 1 aliphatic rings. The molecule has 0 aliphatic carbocycles. The topological polar surface area (TPSA) is 24.1 Å². The van der Waals surface area contributed by atoms with Crippen LogP contribution < -0.4 is 9.96 Å². The second-order valence-corrected chi connectivity index (χ2v) is 5.47. The molecule has 1 aliphatic heterocycles. The largest absolute Gasteiger partial charge is 0.389 e. The lowest BCUT2D eigenvalue weighted by molar-refractivity contribution is -0.134. The Morgan fingerprint density at radius 1 is 1.17 bits per heavy atom. The number of alkyl halides is 3. The molecule has 1 saturated heterocycles. The van der Waals surface area contributed by atoms with Crippen molar-refractivity contribution in [3.8, 4) is 0 Å². The molecule has 0 aromatic rings. The van der Waals surface area contributed by atoms with Crippen LogP contribution in [0.25, 0.3) is 0 Å². The third kappa shape index (κ3) is 4.08. The Bertz CT molecular complexity index is 133. The van der Waals surface area contributed by atoms with Crippen LogP contribution in [0.5, 0.6) is 0 Å². The smallest absolute Gasteiger partial charge is 0.327 e. The van der Waals surface area contributed by atoms with Gasteiger partial charge in [-0.15, -0.1) is 0 Å². The van der Waals surface area contributed by atoms with Crippen molar-refractivity contribution < 1.29 is 13.2 Å². The summed E-state index contributed by atoms with van der Waals surface area (Å²) in [6.07, 6.45) is -4.35. The Kier molecular flexibility index (Phi) is 3.54. The number of hydrogen-bond donors (Lipinski definition) is 2. The molecular weight excluding hydrogens is 185 g/mol. The summed E-state index contributed by atoms with van der Waals surface area (Å²) in [6.45, 7) is 1.84. The van der Waals surface area contributed by atoms with Gasteiger partial charge < -0.3 is 9.96 Å². The summed E-state index contributed by atoms with van der Waals surface area (Å²) in [7, 11) is -1.17. The molecule has 72 valence electrons. The van der Waals surface area contributed by atoms with Crippen LogP contribution in [0.4, 0.5) is 13.2 Å². The molecule has 2 nitrogen and oxygen atoms in total. The summed E-state index contributed by atoms with van der Waals surface area (Å²) in [4.78, 5) is 6.41. The number of rotatable bonds is 3. The van der Waals surface area contributed by atoms with Crippen molar-refractivity contribution in [2.45, 2.75) is 25.1 Å². The van der Waals surface area contributed by atoms with E-state index in [-0.39, 0.29) is 6.42 Å². The van der Waals surface area contributed by atoms with E-state index in [4.69, 9.17) is 0 Å². The van der Waals surface area contributed by atoms with Gasteiger partial charge >= 0.3 is 6.18 Å². The summed E-state index contributed by atoms with van der Waals surface area (Å²) >= 11 is 0. The van der Waals surface area contributed by atoms with Crippen LogP contribution >= 0.6 is 0 Å². The monoisotopic (exact) mass is 198 g/mol. The fourth-order valence-corrected chi connectivity index (χ4v) is 3.43. The summed E-state index contributed by atoms with van der Waals surface area (Å²) in [6, 6.07) is 0.694. The Morgan fingerprint density at radius 3 is 2.25 bits per heavy atom. The van der Waals surface area contributed by atoms with Crippen LogP contribution in [0, 0.1) is 0 Å². The summed E-state index contributed by atoms with van der Waals surface area (Å²) in [5.41, 5.74) is 0. The minimum Gasteiger partial charge on any atom is -0.327 e. The molecule has 0 amide bonds. The van der Waals surface area contributed by atoms with E-state index in [0.29, 0.717) is 6.04 Å². The Hall–Kier alpha value is -0.0731. The zero-order chi connectivity index (χ0) is 9.03. The lowest BCUT2D eigenvalue weighted by Crippen LogP contribution is -2.36. The van der Waals surface area contributed by atoms with E-state index in [1.54, 1.807) is 0 Å². The van der Waals surface area contributed by atoms with Crippen LogP contribution in [0.2, 0.25) is 6.04 Å². The predicted molar refractivity (Wildman–Crippen MR) is 43.3 cm³/mol. The van der Waals surface area contributed by atoms with Crippen molar-refractivity contribution in [3.63, 3.8) is 0 Å². The lowest BCUT2D eigenvalue weighted by atomic mass is 10.3. The molecule has 0 aromatic carbocycles. The van der Waals surface area contributed by atoms with Gasteiger partial charge in [0.1, 0.15) is 0 Å². The van der Waals surface area contributed by atoms with Gasteiger partial charge in [-0.05, 0) is 12.5 Å². The average Bonchev–Trinajstić information content (AvgIpc) is 2.36. The van der Waals surface area contributed by atoms with E-state index in [1.807, 2.05) is 0 Å². The average molecular weight is 198 g/mol. The minimum absolute atomic E-state index is 0.264. The highest BCUT2D eigenvalue weighted by Crippen LogP contribution is 2.22. The molecule has 0 atom stereocenters. The van der Waals surface area contributed by atoms with E-state index in [1.165, 1.54) is 0 Å². The van der Waals surface area contributed by atoms with Gasteiger partial charge in [-0.1, -0.05) is 0 Å². The molecule has 12 heavy (non-hydrogen) atoms. The molecule has 0 aromatic heterocycles. The van der Waals surface area contributed by atoms with Gasteiger partial charge in [0, 0.05) is 19.5 Å². The highest BCUT2D eigenvalue weighted by Gasteiger charge is 2.27. The Morgan fingerprint density at radius 2 is 1.75 bits per heavy atom. The van der Waals surface area contributed by atoms with Gasteiger partial charge in [-0.25, -0.2) is 0 Å². The summed E-state index contributed by atoms with van der Waals surface area (Å²) in [5.74, 6) is 0. The number of nitrogens with one attached hydrogen (secondary N) is 2. The van der Waals surface area contributed by atoms with Gasteiger partial charge in [0.05, 0.1) is 0 Å². The third-order valence-corrected chi connectivity index (χ3v) is 4.41. The van der Waals surface area contributed by atoms with E-state index in [2.05, 4.69) is 9.96 Å². The maximum absolute atomic E-state index is 11.7. The maximum atomic E-state index is 11.7. The van der Waals surface area contributed by atoms with Crippen LogP contribution in [-0.2, 0) is 0 Å². The van der Waals surface area contributed by atoms with Crippen molar-refractivity contribution >= 4 is 9.12 Å². The number of halogens is 3. The molecule has 0 saturated carbocycles. The second-order valence-electron chi connectivity index (χ2n) is 2.97. The van der Waals surface area contributed by atoms with Crippen LogP contribution in [0.15, 0.2) is 0 Å². The van der Waals surface area contributed by atoms with Crippen molar-refractivity contribution in [1.29, 1.82) is 0 Å². The zero-order valence-corrected chi connectivity index (χ0v) is 7.90. The Balaban J connectivity index is 2.02. The van der Waals surface area contributed by atoms with Crippen molar-refractivity contribution in [2.24, 2.45) is 0 Å². The fraction of sp³-hybridized carbons (Fsp3) is 1.00. The van der Waals surface area contributed by atoms with Crippen LogP contribution in [0.1, 0.15) is 12.8 Å². The molecule has 1 fully saturated rings.